The molecule has 7 N–H and O–H groups in total. The lowest BCUT2D eigenvalue weighted by Crippen LogP contribution is -2.48. The lowest BCUT2D eigenvalue weighted by molar-refractivity contribution is -0.148. The Labute approximate surface area is 219 Å². The number of hydrogen-bond acceptors (Lipinski definition) is 5. The zero-order valence-electron chi connectivity index (χ0n) is 21.4. The number of carbonyl (C=O) groups is 3. The highest BCUT2D eigenvalue weighted by Gasteiger charge is 2.43. The maximum atomic E-state index is 12.8. The van der Waals surface area contributed by atoms with Gasteiger partial charge in [-0.15, -0.1) is 0 Å². The van der Waals surface area contributed by atoms with E-state index in [1.807, 2.05) is 30.3 Å². The standard InChI is InChI=1S/C21H30N2O3.C8H10N2O/c22-18(12-11-15-7-3-1-4-8-15)20(24)23-14-17(13-19(23)21(25)26)16-9-5-2-6-10-16;9-5-6-1-3-7(4-2-6)8(10)11/h1,3-4,7-8,16-19H,2,5-6,9-14,22H2,(H,25,26);1-4H,5,9H2,(H2,10,11)/t17-,18?,19-;/m0./s1. The molecule has 1 saturated heterocycles. The highest BCUT2D eigenvalue weighted by molar-refractivity contribution is 5.92. The van der Waals surface area contributed by atoms with E-state index >= 15 is 0 Å². The molecule has 2 aromatic rings. The number of carboxylic acid groups (broad SMARTS) is 1. The van der Waals surface area contributed by atoms with Gasteiger partial charge in [-0.1, -0.05) is 74.6 Å². The Kier molecular flexibility index (Phi) is 10.7. The molecule has 8 heteroatoms. The molecular weight excluding hydrogens is 468 g/mol. The van der Waals surface area contributed by atoms with Gasteiger partial charge in [-0.25, -0.2) is 4.79 Å². The van der Waals surface area contributed by atoms with Crippen molar-refractivity contribution in [2.24, 2.45) is 29.0 Å². The van der Waals surface area contributed by atoms with Crippen LogP contribution in [0, 0.1) is 11.8 Å². The number of amides is 2. The number of hydrogen-bond donors (Lipinski definition) is 4. The molecule has 2 aromatic carbocycles. The molecule has 37 heavy (non-hydrogen) atoms. The quantitative estimate of drug-likeness (QED) is 0.430. The van der Waals surface area contributed by atoms with Crippen molar-refractivity contribution in [3.63, 3.8) is 0 Å². The number of likely N-dealkylation sites (tertiary alicyclic amines) is 1. The predicted molar refractivity (Wildman–Crippen MR) is 143 cm³/mol. The molecule has 8 nitrogen and oxygen atoms in total. The smallest absolute Gasteiger partial charge is 0.326 e. The van der Waals surface area contributed by atoms with E-state index in [0.29, 0.717) is 43.3 Å². The van der Waals surface area contributed by atoms with Gasteiger partial charge in [0.15, 0.2) is 0 Å². The van der Waals surface area contributed by atoms with Crippen molar-refractivity contribution in [2.45, 2.75) is 70.0 Å². The Balaban J connectivity index is 0.000000289. The van der Waals surface area contributed by atoms with E-state index in [4.69, 9.17) is 17.2 Å². The first kappa shape index (κ1) is 28.3. The molecule has 0 bridgehead atoms. The zero-order valence-corrected chi connectivity index (χ0v) is 21.4. The van der Waals surface area contributed by atoms with Crippen molar-refractivity contribution in [2.75, 3.05) is 6.54 Å². The first-order chi connectivity index (χ1) is 17.8. The fraction of sp³-hybridized carbons (Fsp3) is 0.483. The summed E-state index contributed by atoms with van der Waals surface area (Å²) in [5.41, 5.74) is 19.2. The van der Waals surface area contributed by atoms with Crippen LogP contribution in [0.25, 0.3) is 0 Å². The van der Waals surface area contributed by atoms with Crippen LogP contribution in [0.5, 0.6) is 0 Å². The molecule has 1 unspecified atom stereocenters. The van der Waals surface area contributed by atoms with Crippen LogP contribution in [0.15, 0.2) is 54.6 Å². The van der Waals surface area contributed by atoms with Crippen molar-refractivity contribution in [3.05, 3.63) is 71.3 Å². The molecule has 0 radical (unpaired) electrons. The first-order valence-corrected chi connectivity index (χ1v) is 13.2. The van der Waals surface area contributed by atoms with E-state index in [-0.39, 0.29) is 5.91 Å². The normalized spacial score (nSPS) is 20.5. The Morgan fingerprint density at radius 3 is 2.14 bits per heavy atom. The number of carbonyl (C=O) groups excluding carboxylic acids is 2. The van der Waals surface area contributed by atoms with E-state index in [9.17, 15) is 19.5 Å². The van der Waals surface area contributed by atoms with Crippen LogP contribution in [-0.4, -0.2) is 46.4 Å². The number of nitrogens with two attached hydrogens (primary N) is 3. The summed E-state index contributed by atoms with van der Waals surface area (Å²) >= 11 is 0. The van der Waals surface area contributed by atoms with Gasteiger partial charge in [0.2, 0.25) is 11.8 Å². The van der Waals surface area contributed by atoms with Crippen LogP contribution in [0.2, 0.25) is 0 Å². The highest BCUT2D eigenvalue weighted by Crippen LogP contribution is 2.37. The molecule has 1 aliphatic carbocycles. The van der Waals surface area contributed by atoms with Crippen LogP contribution in [0.3, 0.4) is 0 Å². The van der Waals surface area contributed by atoms with Gasteiger partial charge in [0.25, 0.3) is 0 Å². The summed E-state index contributed by atoms with van der Waals surface area (Å²) < 4.78 is 0. The van der Waals surface area contributed by atoms with E-state index in [1.54, 1.807) is 29.2 Å². The number of benzene rings is 2. The van der Waals surface area contributed by atoms with Crippen molar-refractivity contribution in [1.29, 1.82) is 0 Å². The Bertz CT molecular complexity index is 1020. The van der Waals surface area contributed by atoms with E-state index in [2.05, 4.69) is 0 Å². The maximum Gasteiger partial charge on any atom is 0.326 e. The second kappa shape index (κ2) is 13.9. The summed E-state index contributed by atoms with van der Waals surface area (Å²) in [7, 11) is 0. The molecule has 3 atom stereocenters. The van der Waals surface area contributed by atoms with Gasteiger partial charge in [-0.2, -0.15) is 0 Å². The number of aliphatic carboxylic acids is 1. The minimum atomic E-state index is -0.896. The first-order valence-electron chi connectivity index (χ1n) is 13.2. The Morgan fingerprint density at radius 1 is 0.919 bits per heavy atom. The fourth-order valence-corrected chi connectivity index (χ4v) is 5.40. The fourth-order valence-electron chi connectivity index (χ4n) is 5.40. The number of nitrogens with zero attached hydrogens (tertiary/aromatic N) is 1. The monoisotopic (exact) mass is 508 g/mol. The molecule has 0 spiro atoms. The van der Waals surface area contributed by atoms with Crippen molar-refractivity contribution >= 4 is 17.8 Å². The zero-order chi connectivity index (χ0) is 26.8. The average Bonchev–Trinajstić information content (AvgIpc) is 3.39. The molecule has 4 rings (SSSR count). The minimum Gasteiger partial charge on any atom is -0.480 e. The lowest BCUT2D eigenvalue weighted by atomic mass is 9.79. The van der Waals surface area contributed by atoms with Gasteiger partial charge in [0.05, 0.1) is 6.04 Å². The van der Waals surface area contributed by atoms with E-state index in [0.717, 1.165) is 17.5 Å². The second-order valence-electron chi connectivity index (χ2n) is 10.1. The van der Waals surface area contributed by atoms with Gasteiger partial charge < -0.3 is 27.2 Å². The summed E-state index contributed by atoms with van der Waals surface area (Å²) in [6.07, 6.45) is 7.91. The SMILES string of the molecule is NC(CCc1ccccc1)C(=O)N1C[C@@H](C2CCCCC2)C[C@H]1C(=O)O.NCc1ccc(C(N)=O)cc1. The van der Waals surface area contributed by atoms with Gasteiger partial charge in [0, 0.05) is 18.7 Å². The van der Waals surface area contributed by atoms with Gasteiger partial charge >= 0.3 is 5.97 Å². The third kappa shape index (κ3) is 8.13. The summed E-state index contributed by atoms with van der Waals surface area (Å²) in [5.74, 6) is -0.641. The van der Waals surface area contributed by atoms with Crippen LogP contribution >= 0.6 is 0 Å². The number of rotatable bonds is 8. The van der Waals surface area contributed by atoms with E-state index < -0.39 is 24.0 Å². The summed E-state index contributed by atoms with van der Waals surface area (Å²) in [4.78, 5) is 36.7. The van der Waals surface area contributed by atoms with E-state index in [1.165, 1.54) is 32.1 Å². The molecule has 1 aliphatic heterocycles. The second-order valence-corrected chi connectivity index (χ2v) is 10.1. The molecule has 1 heterocycles. The van der Waals surface area contributed by atoms with Gasteiger partial charge in [0.1, 0.15) is 6.04 Å². The Hall–Kier alpha value is -3.23. The lowest BCUT2D eigenvalue weighted by Gasteiger charge is -2.28. The van der Waals surface area contributed by atoms with Crippen LogP contribution in [0.1, 0.15) is 66.4 Å². The average molecular weight is 509 g/mol. The van der Waals surface area contributed by atoms with Crippen LogP contribution < -0.4 is 17.2 Å². The molecule has 2 aliphatic rings. The van der Waals surface area contributed by atoms with Crippen LogP contribution in [-0.2, 0) is 22.6 Å². The molecule has 0 aromatic heterocycles. The number of carboxylic acids is 1. The van der Waals surface area contributed by atoms with Crippen LogP contribution in [0.4, 0.5) is 0 Å². The summed E-state index contributed by atoms with van der Waals surface area (Å²) in [6.45, 7) is 1.04. The molecule has 2 amide bonds. The topological polar surface area (TPSA) is 153 Å². The van der Waals surface area contributed by atoms with Crippen molar-refractivity contribution < 1.29 is 19.5 Å². The number of primary amides is 1. The summed E-state index contributed by atoms with van der Waals surface area (Å²) in [6, 6.07) is 15.5. The third-order valence-electron chi connectivity index (χ3n) is 7.60. The molecule has 2 fully saturated rings. The highest BCUT2D eigenvalue weighted by atomic mass is 16.4. The minimum absolute atomic E-state index is 0.202. The molecule has 1 saturated carbocycles. The third-order valence-corrected chi connectivity index (χ3v) is 7.60. The molecular formula is C29H40N4O4. The van der Waals surface area contributed by atoms with Gasteiger partial charge in [-0.05, 0) is 54.4 Å². The Morgan fingerprint density at radius 2 is 1.57 bits per heavy atom. The van der Waals surface area contributed by atoms with Crippen molar-refractivity contribution in [1.82, 2.24) is 4.90 Å². The largest absolute Gasteiger partial charge is 0.480 e. The number of aryl methyl sites for hydroxylation is 1. The summed E-state index contributed by atoms with van der Waals surface area (Å²) in [5, 5.41) is 9.60. The van der Waals surface area contributed by atoms with Crippen molar-refractivity contribution in [3.8, 4) is 0 Å². The predicted octanol–water partition coefficient (Wildman–Crippen LogP) is 3.07. The molecule has 200 valence electrons. The maximum absolute atomic E-state index is 12.8. The van der Waals surface area contributed by atoms with Gasteiger partial charge in [-0.3, -0.25) is 9.59 Å².